The van der Waals surface area contributed by atoms with Crippen LogP contribution in [0.15, 0.2) is 12.1 Å². The van der Waals surface area contributed by atoms with Crippen LogP contribution in [0.25, 0.3) is 0 Å². The second-order valence-electron chi connectivity index (χ2n) is 5.57. The predicted octanol–water partition coefficient (Wildman–Crippen LogP) is 2.20. The van der Waals surface area contributed by atoms with E-state index < -0.39 is 21.2 Å². The smallest absolute Gasteiger partial charge is 0.257 e. The van der Waals surface area contributed by atoms with E-state index in [0.29, 0.717) is 0 Å². The van der Waals surface area contributed by atoms with Crippen molar-refractivity contribution < 1.29 is 18.3 Å². The molecule has 0 atom stereocenters. The normalized spacial score (nSPS) is 16.8. The highest BCUT2D eigenvalue weighted by atomic mass is 35.5. The molecule has 0 bridgehead atoms. The summed E-state index contributed by atoms with van der Waals surface area (Å²) in [5.41, 5.74) is 0.0164. The van der Waals surface area contributed by atoms with E-state index in [-0.39, 0.29) is 47.5 Å². The number of hydrogen-bond acceptors (Lipinski definition) is 4. The monoisotopic (exact) mass is 380 g/mol. The van der Waals surface area contributed by atoms with Gasteiger partial charge in [0.1, 0.15) is 5.75 Å². The van der Waals surface area contributed by atoms with Crippen LogP contribution in [0, 0.1) is 0 Å². The molecule has 0 spiro atoms. The summed E-state index contributed by atoms with van der Waals surface area (Å²) in [6.07, 6.45) is 0. The average Bonchev–Trinajstić information content (AvgIpc) is 2.50. The van der Waals surface area contributed by atoms with Gasteiger partial charge < -0.3 is 10.0 Å². The van der Waals surface area contributed by atoms with Crippen LogP contribution in [0.2, 0.25) is 10.0 Å². The molecule has 6 nitrogen and oxygen atoms in total. The summed E-state index contributed by atoms with van der Waals surface area (Å²) in [6.45, 7) is 4.18. The highest BCUT2D eigenvalue weighted by Crippen LogP contribution is 2.32. The molecule has 0 radical (unpaired) electrons. The maximum Gasteiger partial charge on any atom is 0.257 e. The van der Waals surface area contributed by atoms with E-state index in [2.05, 4.69) is 0 Å². The molecule has 1 saturated heterocycles. The molecule has 1 aromatic carbocycles. The Morgan fingerprint density at radius 3 is 2.26 bits per heavy atom. The third-order valence-electron chi connectivity index (χ3n) is 3.74. The van der Waals surface area contributed by atoms with E-state index in [1.54, 1.807) is 13.8 Å². The maximum absolute atomic E-state index is 12.5. The third kappa shape index (κ3) is 3.74. The molecule has 23 heavy (non-hydrogen) atoms. The molecule has 0 saturated carbocycles. The van der Waals surface area contributed by atoms with Crippen molar-refractivity contribution in [2.24, 2.45) is 0 Å². The van der Waals surface area contributed by atoms with Crippen molar-refractivity contribution in [2.45, 2.75) is 19.1 Å². The van der Waals surface area contributed by atoms with Crippen LogP contribution < -0.4 is 0 Å². The standard InChI is InChI=1S/C14H18Cl2N2O4S/c1-9(2)23(21,22)18-5-3-17(4-6-18)14(20)11-7-10(15)8-12(16)13(11)19/h7-9,19H,3-6H2,1-2H3. The molecule has 1 heterocycles. The number of nitrogens with zero attached hydrogens (tertiary/aromatic N) is 2. The number of hydrogen-bond donors (Lipinski definition) is 1. The number of piperazine rings is 1. The first kappa shape index (κ1) is 18.3. The van der Waals surface area contributed by atoms with Crippen LogP contribution in [0.4, 0.5) is 0 Å². The zero-order valence-corrected chi connectivity index (χ0v) is 15.1. The van der Waals surface area contributed by atoms with Crippen molar-refractivity contribution in [1.82, 2.24) is 9.21 Å². The van der Waals surface area contributed by atoms with Gasteiger partial charge in [0.2, 0.25) is 10.0 Å². The minimum absolute atomic E-state index is 0.00173. The topological polar surface area (TPSA) is 77.9 Å². The first-order valence-electron chi connectivity index (χ1n) is 7.11. The summed E-state index contributed by atoms with van der Waals surface area (Å²) >= 11 is 11.7. The minimum atomic E-state index is -3.33. The lowest BCUT2D eigenvalue weighted by atomic mass is 10.1. The Bertz CT molecular complexity index is 714. The van der Waals surface area contributed by atoms with Crippen molar-refractivity contribution in [3.63, 3.8) is 0 Å². The molecule has 2 rings (SSSR count). The largest absolute Gasteiger partial charge is 0.506 e. The van der Waals surface area contributed by atoms with E-state index in [1.807, 2.05) is 0 Å². The maximum atomic E-state index is 12.5. The van der Waals surface area contributed by atoms with Gasteiger partial charge >= 0.3 is 0 Å². The number of aromatic hydroxyl groups is 1. The van der Waals surface area contributed by atoms with Crippen LogP contribution >= 0.6 is 23.2 Å². The lowest BCUT2D eigenvalue weighted by molar-refractivity contribution is 0.0694. The van der Waals surface area contributed by atoms with Crippen molar-refractivity contribution in [3.05, 3.63) is 27.7 Å². The lowest BCUT2D eigenvalue weighted by Gasteiger charge is -2.35. The van der Waals surface area contributed by atoms with Gasteiger partial charge in [-0.25, -0.2) is 8.42 Å². The number of phenolic OH excluding ortho intramolecular Hbond substituents is 1. The Hall–Kier alpha value is -1.02. The van der Waals surface area contributed by atoms with E-state index in [1.165, 1.54) is 21.3 Å². The second-order valence-corrected chi connectivity index (χ2v) is 8.90. The number of sulfonamides is 1. The van der Waals surface area contributed by atoms with E-state index in [9.17, 15) is 18.3 Å². The van der Waals surface area contributed by atoms with Crippen molar-refractivity contribution in [3.8, 4) is 5.75 Å². The highest BCUT2D eigenvalue weighted by molar-refractivity contribution is 7.89. The van der Waals surface area contributed by atoms with Crippen LogP contribution in [0.1, 0.15) is 24.2 Å². The SMILES string of the molecule is CC(C)S(=O)(=O)N1CCN(C(=O)c2cc(Cl)cc(Cl)c2O)CC1. The van der Waals surface area contributed by atoms with Crippen LogP contribution in [0.3, 0.4) is 0 Å². The van der Waals surface area contributed by atoms with Crippen molar-refractivity contribution in [1.29, 1.82) is 0 Å². The number of rotatable bonds is 3. The highest BCUT2D eigenvalue weighted by Gasteiger charge is 2.32. The summed E-state index contributed by atoms with van der Waals surface area (Å²) in [4.78, 5) is 14.0. The molecule has 0 unspecified atom stereocenters. The average molecular weight is 381 g/mol. The molecular weight excluding hydrogens is 363 g/mol. The predicted molar refractivity (Wildman–Crippen MR) is 89.7 cm³/mol. The first-order valence-corrected chi connectivity index (χ1v) is 9.36. The second kappa shape index (κ2) is 6.84. The molecule has 1 N–H and O–H groups in total. The fourth-order valence-corrected chi connectivity index (χ4v) is 4.11. The van der Waals surface area contributed by atoms with Gasteiger partial charge in [-0.3, -0.25) is 4.79 Å². The summed E-state index contributed by atoms with van der Waals surface area (Å²) < 4.78 is 25.6. The Balaban J connectivity index is 2.14. The van der Waals surface area contributed by atoms with Gasteiger partial charge in [-0.2, -0.15) is 4.31 Å². The number of benzene rings is 1. The number of carbonyl (C=O) groups excluding carboxylic acids is 1. The fraction of sp³-hybridized carbons (Fsp3) is 0.500. The quantitative estimate of drug-likeness (QED) is 0.871. The molecule has 1 aliphatic rings. The Kier molecular flexibility index (Phi) is 5.45. The van der Waals surface area contributed by atoms with Crippen molar-refractivity contribution in [2.75, 3.05) is 26.2 Å². The lowest BCUT2D eigenvalue weighted by Crippen LogP contribution is -2.51. The van der Waals surface area contributed by atoms with Gasteiger partial charge in [-0.1, -0.05) is 23.2 Å². The van der Waals surface area contributed by atoms with Crippen LogP contribution in [-0.4, -0.2) is 60.1 Å². The number of halogens is 2. The van der Waals surface area contributed by atoms with Gasteiger partial charge in [0, 0.05) is 31.2 Å². The molecule has 9 heteroatoms. The van der Waals surface area contributed by atoms with Gasteiger partial charge in [0.25, 0.3) is 5.91 Å². The van der Waals surface area contributed by atoms with Gasteiger partial charge in [-0.05, 0) is 26.0 Å². The van der Waals surface area contributed by atoms with Crippen LogP contribution in [-0.2, 0) is 10.0 Å². The first-order chi connectivity index (χ1) is 10.6. The summed E-state index contributed by atoms with van der Waals surface area (Å²) in [7, 11) is -3.33. The summed E-state index contributed by atoms with van der Waals surface area (Å²) in [5, 5.41) is 9.68. The number of phenols is 1. The molecule has 1 aromatic rings. The van der Waals surface area contributed by atoms with E-state index in [4.69, 9.17) is 23.2 Å². The van der Waals surface area contributed by atoms with Crippen molar-refractivity contribution >= 4 is 39.1 Å². The van der Waals surface area contributed by atoms with E-state index in [0.717, 1.165) is 0 Å². The van der Waals surface area contributed by atoms with E-state index >= 15 is 0 Å². The fourth-order valence-electron chi connectivity index (χ4n) is 2.34. The molecule has 128 valence electrons. The summed E-state index contributed by atoms with van der Waals surface area (Å²) in [6, 6.07) is 2.70. The number of amides is 1. The molecule has 0 aromatic heterocycles. The van der Waals surface area contributed by atoms with Gasteiger partial charge in [0.05, 0.1) is 15.8 Å². The molecule has 1 fully saturated rings. The van der Waals surface area contributed by atoms with Gasteiger partial charge in [0.15, 0.2) is 0 Å². The zero-order valence-electron chi connectivity index (χ0n) is 12.8. The molecule has 0 aliphatic carbocycles. The molecule has 1 amide bonds. The number of carbonyl (C=O) groups is 1. The zero-order chi connectivity index (χ0) is 17.4. The Morgan fingerprint density at radius 2 is 1.74 bits per heavy atom. The molecular formula is C14H18Cl2N2O4S. The Morgan fingerprint density at radius 1 is 1.17 bits per heavy atom. The summed E-state index contributed by atoms with van der Waals surface area (Å²) in [5.74, 6) is -0.744. The third-order valence-corrected chi connectivity index (χ3v) is 6.52. The Labute approximate surface area is 145 Å². The minimum Gasteiger partial charge on any atom is -0.506 e. The van der Waals surface area contributed by atoms with Gasteiger partial charge in [-0.15, -0.1) is 0 Å². The van der Waals surface area contributed by atoms with Crippen LogP contribution in [0.5, 0.6) is 5.75 Å². The molecule has 1 aliphatic heterocycles.